The van der Waals surface area contributed by atoms with Crippen molar-refractivity contribution >= 4 is 93.8 Å². The summed E-state index contributed by atoms with van der Waals surface area (Å²) in [4.78, 5) is 24.9. The van der Waals surface area contributed by atoms with Gasteiger partial charge in [0.05, 0.1) is 0 Å². The second kappa shape index (κ2) is 81.4. The molecule has 0 atom stereocenters. The smallest absolute Gasteiger partial charge is 0.232 e. The largest absolute Gasteiger partial charge is 0.324 e. The van der Waals surface area contributed by atoms with Crippen LogP contribution in [0.5, 0.6) is 0 Å². The Morgan fingerprint density at radius 3 is 0.573 bits per heavy atom. The summed E-state index contributed by atoms with van der Waals surface area (Å²) in [5.74, 6) is 8.81. The Balaban J connectivity index is 1.71. The molecule has 0 unspecified atom stereocenters. The van der Waals surface area contributed by atoms with Crippen molar-refractivity contribution in [3.8, 4) is 11.4 Å². The van der Waals surface area contributed by atoms with Crippen molar-refractivity contribution in [3.63, 3.8) is 0 Å². The number of hydrogen-bond donors (Lipinski definition) is 2. The van der Waals surface area contributed by atoms with Gasteiger partial charge in [0.1, 0.15) is 0 Å². The fourth-order valence-electron chi connectivity index (χ4n) is 16.3. The summed E-state index contributed by atoms with van der Waals surface area (Å²) < 4.78 is 0. The highest BCUT2D eigenvalue weighted by Crippen LogP contribution is 2.45. The standard InChI is InChI=1S/C106H186N5S6/c1-8-14-20-26-32-38-44-50-56-62-68-74-84-112-98-90-96(91-99(113-85-75-69-63-57-51-45-39-33-27-21-15-9-2)102(98)116-88-78-72-66-60-54-48-42-36-30-24-18-12-5)107-105-109-104(95-82-80-94(7)81-83-95)110-106(111-105)108-97-92-100(114-86-76-70-64-58-52-46-40-34-28-22-16-10-3)103(117-89-79-73-67-61-55-49-43-37-31-25-19-13-6)101(93-97)115-87-77-71-65-59-53-47-41-35-29-23-17-11-4/h80-83,90-93H,7-79,84-89H2,1-6H3,(H2,107,108,109,110,111). The highest BCUT2D eigenvalue weighted by atomic mass is 32.2. The molecule has 1 aromatic heterocycles. The third-order valence-electron chi connectivity index (χ3n) is 23.9. The maximum Gasteiger partial charge on any atom is 0.232 e. The normalized spacial score (nSPS) is 11.7. The molecule has 2 N–H and O–H groups in total. The topological polar surface area (TPSA) is 62.7 Å². The number of nitrogens with zero attached hydrogens (tertiary/aromatic N) is 3. The van der Waals surface area contributed by atoms with Gasteiger partial charge in [0.2, 0.25) is 11.9 Å². The molecule has 671 valence electrons. The van der Waals surface area contributed by atoms with Crippen LogP contribution in [0.1, 0.15) is 509 Å². The fraction of sp³-hybridized carbons (Fsp3) is 0.792. The predicted molar refractivity (Wildman–Crippen MR) is 540 cm³/mol. The molecule has 0 amide bonds. The molecule has 4 aromatic rings. The zero-order chi connectivity index (χ0) is 83.1. The summed E-state index contributed by atoms with van der Waals surface area (Å²) in [6.07, 6.45) is 99.5. The summed E-state index contributed by atoms with van der Waals surface area (Å²) in [6.45, 7) is 18.3. The Labute approximate surface area is 753 Å². The van der Waals surface area contributed by atoms with E-state index in [-0.39, 0.29) is 0 Å². The van der Waals surface area contributed by atoms with Crippen LogP contribution >= 0.6 is 70.6 Å². The van der Waals surface area contributed by atoms with Crippen LogP contribution in [-0.2, 0) is 0 Å². The van der Waals surface area contributed by atoms with Crippen molar-refractivity contribution in [1.82, 2.24) is 15.0 Å². The summed E-state index contributed by atoms with van der Waals surface area (Å²) in [5, 5.41) is 7.88. The maximum absolute atomic E-state index is 5.43. The molecule has 0 saturated heterocycles. The molecule has 11 heteroatoms. The van der Waals surface area contributed by atoms with E-state index < -0.39 is 0 Å². The van der Waals surface area contributed by atoms with Crippen LogP contribution in [0.2, 0.25) is 0 Å². The molecule has 117 heavy (non-hydrogen) atoms. The first-order valence-corrected chi connectivity index (χ1v) is 57.2. The SMILES string of the molecule is [CH2]c1ccc(-c2nc(Nc3cc(SCCCCCCCCCCCCCC)c(SCCCCCCCCCCCCCC)c(SCCCCCCCCCCCCCC)c3)nc(Nc3cc(SCCCCCCCCCCCCCC)c(SCCCCCCCCCCCCCC)c(SCCCCCCCCCCCCCC)c3)n2)cc1. The Hall–Kier alpha value is -1.63. The molecule has 0 saturated carbocycles. The van der Waals surface area contributed by atoms with Crippen molar-refractivity contribution in [2.45, 2.75) is 533 Å². The molecular formula is C106H186N5S6. The van der Waals surface area contributed by atoms with Crippen LogP contribution in [0.15, 0.2) is 77.9 Å². The van der Waals surface area contributed by atoms with Crippen LogP contribution in [0, 0.1) is 6.92 Å². The molecule has 4 rings (SSSR count). The van der Waals surface area contributed by atoms with E-state index in [0.29, 0.717) is 17.7 Å². The van der Waals surface area contributed by atoms with Crippen LogP contribution in [0.4, 0.5) is 23.3 Å². The highest BCUT2D eigenvalue weighted by molar-refractivity contribution is 8.04. The van der Waals surface area contributed by atoms with E-state index in [9.17, 15) is 0 Å². The van der Waals surface area contributed by atoms with Crippen LogP contribution in [0.3, 0.4) is 0 Å². The first-order valence-electron chi connectivity index (χ1n) is 51.3. The Bertz CT molecular complexity index is 2550. The predicted octanol–water partition coefficient (Wildman–Crippen LogP) is 40.0. The van der Waals surface area contributed by atoms with Gasteiger partial charge >= 0.3 is 0 Å². The van der Waals surface area contributed by atoms with Crippen LogP contribution in [-0.4, -0.2) is 49.5 Å². The minimum absolute atomic E-state index is 0.588. The van der Waals surface area contributed by atoms with E-state index in [0.717, 1.165) is 45.5 Å². The number of thioether (sulfide) groups is 6. The van der Waals surface area contributed by atoms with E-state index in [4.69, 9.17) is 15.0 Å². The van der Waals surface area contributed by atoms with Crippen molar-refractivity contribution in [1.29, 1.82) is 0 Å². The van der Waals surface area contributed by atoms with Gasteiger partial charge in [-0.25, -0.2) is 0 Å². The summed E-state index contributed by atoms with van der Waals surface area (Å²) in [7, 11) is 0. The van der Waals surface area contributed by atoms with Gasteiger partial charge in [-0.1, -0.05) is 490 Å². The molecule has 1 heterocycles. The number of aromatic nitrogens is 3. The average molecular weight is 1720 g/mol. The molecular weight excluding hydrogens is 1540 g/mol. The molecule has 5 nitrogen and oxygen atoms in total. The van der Waals surface area contributed by atoms with E-state index in [2.05, 4.69) is 178 Å². The van der Waals surface area contributed by atoms with Crippen molar-refractivity contribution in [2.24, 2.45) is 0 Å². The zero-order valence-electron chi connectivity index (χ0n) is 77.8. The zero-order valence-corrected chi connectivity index (χ0v) is 82.7. The number of anilines is 4. The van der Waals surface area contributed by atoms with Gasteiger partial charge in [0, 0.05) is 46.3 Å². The highest BCUT2D eigenvalue weighted by Gasteiger charge is 2.20. The number of nitrogens with one attached hydrogen (secondary N) is 2. The molecule has 3 aromatic carbocycles. The number of unbranched alkanes of at least 4 members (excludes halogenated alkanes) is 66. The summed E-state index contributed by atoms with van der Waals surface area (Å²) in [6, 6.07) is 18.4. The van der Waals surface area contributed by atoms with Gasteiger partial charge in [0.25, 0.3) is 0 Å². The lowest BCUT2D eigenvalue weighted by Crippen LogP contribution is -2.06. The fourth-order valence-corrected chi connectivity index (χ4v) is 23.8. The van der Waals surface area contributed by atoms with Gasteiger partial charge in [0.15, 0.2) is 5.82 Å². The Morgan fingerprint density at radius 2 is 0.385 bits per heavy atom. The minimum atomic E-state index is 0.588. The summed E-state index contributed by atoms with van der Waals surface area (Å²) in [5.41, 5.74) is 4.12. The van der Waals surface area contributed by atoms with Crippen LogP contribution < -0.4 is 10.6 Å². The number of hydrogen-bond acceptors (Lipinski definition) is 11. The quantitative estimate of drug-likeness (QED) is 0.0328. The molecule has 0 aliphatic rings. The van der Waals surface area contributed by atoms with Gasteiger partial charge in [-0.2, -0.15) is 15.0 Å². The third-order valence-corrected chi connectivity index (χ3v) is 31.4. The Morgan fingerprint density at radius 1 is 0.214 bits per heavy atom. The molecule has 1 radical (unpaired) electrons. The number of benzene rings is 3. The lowest BCUT2D eigenvalue weighted by molar-refractivity contribution is 0.548. The first kappa shape index (κ1) is 108. The maximum atomic E-state index is 5.43. The van der Waals surface area contributed by atoms with Gasteiger partial charge < -0.3 is 10.6 Å². The molecule has 0 aliphatic heterocycles. The van der Waals surface area contributed by atoms with Crippen molar-refractivity contribution < 1.29 is 0 Å². The van der Waals surface area contributed by atoms with Gasteiger partial charge in [-0.15, -0.1) is 70.6 Å². The molecule has 0 fully saturated rings. The third kappa shape index (κ3) is 60.6. The van der Waals surface area contributed by atoms with Crippen molar-refractivity contribution in [3.05, 3.63) is 61.0 Å². The average Bonchev–Trinajstić information content (AvgIpc) is 0.806. The van der Waals surface area contributed by atoms with E-state index in [1.54, 1.807) is 0 Å². The Kier molecular flexibility index (Phi) is 74.9. The van der Waals surface area contributed by atoms with Crippen LogP contribution in [0.25, 0.3) is 11.4 Å². The second-order valence-electron chi connectivity index (χ2n) is 35.3. The monoisotopic (exact) mass is 1720 g/mol. The molecule has 0 aliphatic carbocycles. The lowest BCUT2D eigenvalue weighted by atomic mass is 10.1. The first-order chi connectivity index (χ1) is 57.9. The van der Waals surface area contributed by atoms with E-state index in [1.165, 1.54) is 503 Å². The molecule has 0 bridgehead atoms. The van der Waals surface area contributed by atoms with E-state index in [1.807, 2.05) is 0 Å². The van der Waals surface area contributed by atoms with E-state index >= 15 is 0 Å². The van der Waals surface area contributed by atoms with Crippen molar-refractivity contribution in [2.75, 3.05) is 45.2 Å². The lowest BCUT2D eigenvalue weighted by Gasteiger charge is -2.19. The molecule has 0 spiro atoms. The second-order valence-corrected chi connectivity index (χ2v) is 42.0. The van der Waals surface area contributed by atoms with Gasteiger partial charge in [-0.05, 0) is 110 Å². The summed E-state index contributed by atoms with van der Waals surface area (Å²) >= 11 is 12.8. The number of rotatable bonds is 89. The van der Waals surface area contributed by atoms with Gasteiger partial charge in [-0.3, -0.25) is 0 Å². The minimum Gasteiger partial charge on any atom is -0.324 e.